The fourth-order valence-electron chi connectivity index (χ4n) is 5.11. The van der Waals surface area contributed by atoms with Crippen LogP contribution in [0.1, 0.15) is 43.4 Å². The number of thiophene rings is 1. The lowest BCUT2D eigenvalue weighted by Crippen LogP contribution is -2.64. The van der Waals surface area contributed by atoms with Crippen molar-refractivity contribution in [2.75, 3.05) is 0 Å². The van der Waals surface area contributed by atoms with Gasteiger partial charge in [-0.25, -0.2) is 0 Å². The molecule has 0 amide bonds. The van der Waals surface area contributed by atoms with Crippen LogP contribution in [0.2, 0.25) is 0 Å². The van der Waals surface area contributed by atoms with Crippen molar-refractivity contribution < 1.29 is 5.11 Å². The molecule has 2 unspecified atom stereocenters. The topological polar surface area (TPSA) is 32.3 Å². The van der Waals surface area contributed by atoms with Gasteiger partial charge in [-0.05, 0) is 61.8 Å². The lowest BCUT2D eigenvalue weighted by molar-refractivity contribution is -0.142. The van der Waals surface area contributed by atoms with E-state index in [1.807, 2.05) is 11.3 Å². The summed E-state index contributed by atoms with van der Waals surface area (Å²) in [5.74, 6) is 1.54. The van der Waals surface area contributed by atoms with Crippen molar-refractivity contribution in [2.45, 2.75) is 56.2 Å². The van der Waals surface area contributed by atoms with Crippen LogP contribution in [0, 0.1) is 11.8 Å². The van der Waals surface area contributed by atoms with Gasteiger partial charge in [0.25, 0.3) is 0 Å². The summed E-state index contributed by atoms with van der Waals surface area (Å²) < 4.78 is 0. The number of aliphatic hydroxyl groups is 1. The minimum atomic E-state index is -0.341. The van der Waals surface area contributed by atoms with Gasteiger partial charge < -0.3 is 10.4 Å². The van der Waals surface area contributed by atoms with Crippen molar-refractivity contribution in [1.82, 2.24) is 5.32 Å². The first-order chi connectivity index (χ1) is 8.65. The highest BCUT2D eigenvalue weighted by Crippen LogP contribution is 2.57. The van der Waals surface area contributed by atoms with Crippen molar-refractivity contribution >= 4 is 11.3 Å². The Balaban J connectivity index is 1.53. The molecule has 1 aromatic rings. The summed E-state index contributed by atoms with van der Waals surface area (Å²) in [6, 6.07) is 4.32. The smallest absolute Gasteiger partial charge is 0.0670 e. The predicted octanol–water partition coefficient (Wildman–Crippen LogP) is 2.92. The van der Waals surface area contributed by atoms with Crippen molar-refractivity contribution in [1.29, 1.82) is 0 Å². The number of nitrogens with one attached hydrogen (secondary N) is 1. The predicted molar refractivity (Wildman–Crippen MR) is 73.5 cm³/mol. The second kappa shape index (κ2) is 3.81. The summed E-state index contributed by atoms with van der Waals surface area (Å²) in [5, 5.41) is 16.6. The van der Waals surface area contributed by atoms with E-state index in [0.717, 1.165) is 37.6 Å². The molecule has 18 heavy (non-hydrogen) atoms. The molecule has 0 spiro atoms. The maximum atomic E-state index is 10.7. The van der Waals surface area contributed by atoms with Crippen LogP contribution in [0.15, 0.2) is 17.5 Å². The van der Waals surface area contributed by atoms with Crippen LogP contribution in [0.3, 0.4) is 0 Å². The van der Waals surface area contributed by atoms with Gasteiger partial charge in [-0.1, -0.05) is 6.07 Å². The van der Waals surface area contributed by atoms with E-state index in [1.54, 1.807) is 0 Å². The van der Waals surface area contributed by atoms with Gasteiger partial charge in [0.15, 0.2) is 0 Å². The Hall–Kier alpha value is -0.380. The third kappa shape index (κ3) is 1.84. The quantitative estimate of drug-likeness (QED) is 0.879. The van der Waals surface area contributed by atoms with Gasteiger partial charge in [0.1, 0.15) is 0 Å². The fraction of sp³-hybridized carbons (Fsp3) is 0.733. The van der Waals surface area contributed by atoms with Gasteiger partial charge in [-0.2, -0.15) is 0 Å². The van der Waals surface area contributed by atoms with Crippen LogP contribution in [-0.2, 0) is 6.54 Å². The van der Waals surface area contributed by atoms with Crippen LogP contribution in [0.25, 0.3) is 0 Å². The Bertz CT molecular complexity index is 427. The summed E-state index contributed by atoms with van der Waals surface area (Å²) in [6.07, 6.45) is 7.05. The second-order valence-corrected chi connectivity index (χ2v) is 7.93. The number of hydrogen-bond acceptors (Lipinski definition) is 3. The molecule has 5 rings (SSSR count). The Kier molecular flexibility index (Phi) is 2.42. The molecule has 98 valence electrons. The summed E-state index contributed by atoms with van der Waals surface area (Å²) in [7, 11) is 0. The molecule has 0 aliphatic heterocycles. The van der Waals surface area contributed by atoms with E-state index in [9.17, 15) is 5.11 Å². The first-order valence-corrected chi connectivity index (χ1v) is 8.03. The molecule has 2 atom stereocenters. The van der Waals surface area contributed by atoms with Crippen LogP contribution in [0.4, 0.5) is 0 Å². The molecular formula is C15H21NOS. The molecule has 0 aromatic carbocycles. The van der Waals surface area contributed by atoms with Crippen molar-refractivity contribution in [3.63, 3.8) is 0 Å². The first-order valence-electron chi connectivity index (χ1n) is 7.15. The maximum Gasteiger partial charge on any atom is 0.0670 e. The largest absolute Gasteiger partial charge is 0.390 e. The van der Waals surface area contributed by atoms with Crippen molar-refractivity contribution in [3.8, 4) is 0 Å². The zero-order chi connectivity index (χ0) is 12.2. The minimum absolute atomic E-state index is 0.239. The van der Waals surface area contributed by atoms with Gasteiger partial charge in [-0.15, -0.1) is 11.3 Å². The van der Waals surface area contributed by atoms with Gasteiger partial charge in [0.05, 0.1) is 5.60 Å². The Morgan fingerprint density at radius 3 is 2.67 bits per heavy atom. The van der Waals surface area contributed by atoms with Crippen LogP contribution in [0.5, 0.6) is 0 Å². The molecule has 0 saturated heterocycles. The lowest BCUT2D eigenvalue weighted by Gasteiger charge is -2.60. The normalized spacial score (nSPS) is 45.6. The monoisotopic (exact) mass is 263 g/mol. The van der Waals surface area contributed by atoms with Crippen molar-refractivity contribution in [3.05, 3.63) is 22.4 Å². The average Bonchev–Trinajstić information content (AvgIpc) is 2.75. The summed E-state index contributed by atoms with van der Waals surface area (Å²) in [6.45, 7) is 0.979. The van der Waals surface area contributed by atoms with Crippen molar-refractivity contribution in [2.24, 2.45) is 11.8 Å². The SMILES string of the molecule is OC12CC3CC(C1)CC(NCc1cccs1)(C3)C2. The highest BCUT2D eigenvalue weighted by molar-refractivity contribution is 7.09. The van der Waals surface area contributed by atoms with Crippen LogP contribution >= 0.6 is 11.3 Å². The summed E-state index contributed by atoms with van der Waals surface area (Å²) in [4.78, 5) is 1.41. The lowest BCUT2D eigenvalue weighted by atomic mass is 9.51. The highest BCUT2D eigenvalue weighted by Gasteiger charge is 2.56. The van der Waals surface area contributed by atoms with Gasteiger partial charge in [0.2, 0.25) is 0 Å². The third-order valence-corrected chi connectivity index (χ3v) is 6.12. The van der Waals surface area contributed by atoms with E-state index in [2.05, 4.69) is 22.8 Å². The molecule has 2 N–H and O–H groups in total. The van der Waals surface area contributed by atoms with E-state index in [0.29, 0.717) is 0 Å². The number of rotatable bonds is 3. The van der Waals surface area contributed by atoms with E-state index in [1.165, 1.54) is 24.1 Å². The molecule has 4 fully saturated rings. The molecule has 3 heteroatoms. The molecule has 4 aliphatic carbocycles. The molecule has 4 bridgehead atoms. The molecular weight excluding hydrogens is 242 g/mol. The maximum absolute atomic E-state index is 10.7. The summed E-state index contributed by atoms with van der Waals surface area (Å²) >= 11 is 1.83. The highest BCUT2D eigenvalue weighted by atomic mass is 32.1. The third-order valence-electron chi connectivity index (χ3n) is 5.25. The standard InChI is InChI=1S/C15H21NOS/c17-15-7-11-4-12(8-15)6-14(5-11,10-15)16-9-13-2-1-3-18-13/h1-3,11-12,16-17H,4-10H2. The Labute approximate surface area is 112 Å². The van der Waals surface area contributed by atoms with E-state index in [4.69, 9.17) is 0 Å². The fourth-order valence-corrected chi connectivity index (χ4v) is 5.75. The van der Waals surface area contributed by atoms with E-state index < -0.39 is 0 Å². The molecule has 4 aliphatic rings. The van der Waals surface area contributed by atoms with Crippen LogP contribution in [-0.4, -0.2) is 16.2 Å². The minimum Gasteiger partial charge on any atom is -0.390 e. The Morgan fingerprint density at radius 2 is 2.06 bits per heavy atom. The van der Waals surface area contributed by atoms with E-state index in [-0.39, 0.29) is 11.1 Å². The van der Waals surface area contributed by atoms with E-state index >= 15 is 0 Å². The van der Waals surface area contributed by atoms with Gasteiger partial charge >= 0.3 is 0 Å². The Morgan fingerprint density at radius 1 is 1.28 bits per heavy atom. The molecule has 2 nitrogen and oxygen atoms in total. The zero-order valence-corrected chi connectivity index (χ0v) is 11.5. The average molecular weight is 263 g/mol. The number of hydrogen-bond donors (Lipinski definition) is 2. The first kappa shape index (κ1) is 11.4. The molecule has 1 aromatic heterocycles. The second-order valence-electron chi connectivity index (χ2n) is 6.90. The zero-order valence-electron chi connectivity index (χ0n) is 10.7. The van der Waals surface area contributed by atoms with Gasteiger partial charge in [0, 0.05) is 17.0 Å². The molecule has 1 heterocycles. The van der Waals surface area contributed by atoms with Crippen LogP contribution < -0.4 is 5.32 Å². The molecule has 0 radical (unpaired) electrons. The van der Waals surface area contributed by atoms with Gasteiger partial charge in [-0.3, -0.25) is 0 Å². The summed E-state index contributed by atoms with van der Waals surface area (Å²) in [5.41, 5.74) is -0.102. The molecule has 4 saturated carbocycles.